The number of fused-ring (bicyclic) bond motifs is 1. The van der Waals surface area contributed by atoms with E-state index in [0.29, 0.717) is 23.3 Å². The van der Waals surface area contributed by atoms with Gasteiger partial charge in [-0.15, -0.1) is 0 Å². The van der Waals surface area contributed by atoms with Gasteiger partial charge in [0.05, 0.1) is 34.0 Å². The van der Waals surface area contributed by atoms with Gasteiger partial charge in [-0.05, 0) is 55.0 Å². The molecule has 0 spiro atoms. The number of amides is 1. The van der Waals surface area contributed by atoms with Gasteiger partial charge in [0, 0.05) is 11.4 Å². The van der Waals surface area contributed by atoms with Gasteiger partial charge in [-0.2, -0.15) is 0 Å². The number of sulfone groups is 1. The molecule has 0 radical (unpaired) electrons. The summed E-state index contributed by atoms with van der Waals surface area (Å²) in [5.41, 5.74) is 1.67. The summed E-state index contributed by atoms with van der Waals surface area (Å²) in [4.78, 5) is 19.7. The minimum atomic E-state index is -3.64. The van der Waals surface area contributed by atoms with Crippen molar-refractivity contribution >= 4 is 54.0 Å². The Labute approximate surface area is 207 Å². The van der Waals surface area contributed by atoms with Gasteiger partial charge in [-0.1, -0.05) is 53.3 Å². The number of ether oxygens (including phenoxy) is 1. The fourth-order valence-corrected chi connectivity index (χ4v) is 5.78. The first-order valence-electron chi connectivity index (χ1n) is 10.7. The summed E-state index contributed by atoms with van der Waals surface area (Å²) < 4.78 is 32.0. The predicted octanol–water partition coefficient (Wildman–Crippen LogP) is 5.75. The van der Waals surface area contributed by atoms with Crippen LogP contribution in [0.5, 0.6) is 5.75 Å². The molecule has 0 aliphatic heterocycles. The van der Waals surface area contributed by atoms with Crippen LogP contribution in [0.3, 0.4) is 0 Å². The zero-order valence-electron chi connectivity index (χ0n) is 18.5. The van der Waals surface area contributed by atoms with E-state index in [1.165, 1.54) is 35.6 Å². The Morgan fingerprint density at radius 1 is 1.06 bits per heavy atom. The lowest BCUT2D eigenvalue weighted by Crippen LogP contribution is -2.31. The van der Waals surface area contributed by atoms with Crippen molar-refractivity contribution in [3.8, 4) is 5.75 Å². The Kier molecular flexibility index (Phi) is 7.50. The van der Waals surface area contributed by atoms with Gasteiger partial charge in [0.25, 0.3) is 0 Å². The zero-order chi connectivity index (χ0) is 24.1. The van der Waals surface area contributed by atoms with Crippen LogP contribution in [0.1, 0.15) is 18.9 Å². The van der Waals surface area contributed by atoms with Crippen molar-refractivity contribution < 1.29 is 17.9 Å². The first kappa shape index (κ1) is 24.2. The molecule has 0 bridgehead atoms. The van der Waals surface area contributed by atoms with Gasteiger partial charge in [0.15, 0.2) is 15.0 Å². The molecule has 6 nitrogen and oxygen atoms in total. The van der Waals surface area contributed by atoms with E-state index >= 15 is 0 Å². The van der Waals surface area contributed by atoms with Gasteiger partial charge in [-0.25, -0.2) is 13.4 Å². The van der Waals surface area contributed by atoms with Crippen LogP contribution in [0.4, 0.5) is 5.13 Å². The van der Waals surface area contributed by atoms with Gasteiger partial charge in [-0.3, -0.25) is 9.69 Å². The van der Waals surface area contributed by atoms with Gasteiger partial charge >= 0.3 is 0 Å². The maximum atomic E-state index is 13.3. The van der Waals surface area contributed by atoms with Gasteiger partial charge in [0.1, 0.15) is 5.75 Å². The monoisotopic (exact) mass is 514 g/mol. The van der Waals surface area contributed by atoms with Crippen molar-refractivity contribution in [2.45, 2.75) is 24.8 Å². The molecular formula is C25H23ClN2O4S2. The number of aromatic nitrogens is 1. The van der Waals surface area contributed by atoms with Crippen molar-refractivity contribution in [1.82, 2.24) is 4.98 Å². The van der Waals surface area contributed by atoms with E-state index in [9.17, 15) is 13.2 Å². The third-order valence-electron chi connectivity index (χ3n) is 5.13. The molecule has 0 N–H and O–H groups in total. The molecule has 0 aliphatic rings. The fraction of sp³-hybridized carbons (Fsp3) is 0.200. The normalized spacial score (nSPS) is 11.5. The summed E-state index contributed by atoms with van der Waals surface area (Å²) in [6.07, 6.45) is -0.169. The van der Waals surface area contributed by atoms with Gasteiger partial charge in [0.2, 0.25) is 5.91 Å². The van der Waals surface area contributed by atoms with E-state index in [0.717, 1.165) is 21.5 Å². The minimum Gasteiger partial charge on any atom is -0.494 e. The third kappa shape index (κ3) is 5.75. The van der Waals surface area contributed by atoms with Crippen LogP contribution in [-0.2, 0) is 21.2 Å². The third-order valence-corrected chi connectivity index (χ3v) is 8.16. The molecule has 0 aliphatic carbocycles. The molecule has 0 fully saturated rings. The van der Waals surface area contributed by atoms with E-state index in [2.05, 4.69) is 4.98 Å². The second kappa shape index (κ2) is 10.5. The highest BCUT2D eigenvalue weighted by molar-refractivity contribution is 7.91. The summed E-state index contributed by atoms with van der Waals surface area (Å²) in [6, 6.07) is 21.1. The van der Waals surface area contributed by atoms with Crippen LogP contribution < -0.4 is 9.64 Å². The summed E-state index contributed by atoms with van der Waals surface area (Å²) in [7, 11) is -3.64. The SMILES string of the molecule is CCOc1ccc2nc(N(Cc3ccccc3)C(=O)CCS(=O)(=O)c3ccc(Cl)cc3)sc2c1. The maximum absolute atomic E-state index is 13.3. The predicted molar refractivity (Wildman–Crippen MR) is 137 cm³/mol. The molecule has 34 heavy (non-hydrogen) atoms. The van der Waals surface area contributed by atoms with E-state index in [1.807, 2.05) is 55.5 Å². The topological polar surface area (TPSA) is 76.6 Å². The lowest BCUT2D eigenvalue weighted by Gasteiger charge is -2.20. The zero-order valence-corrected chi connectivity index (χ0v) is 20.9. The average molecular weight is 515 g/mol. The molecule has 1 heterocycles. The standard InChI is InChI=1S/C25H23ClN2O4S2/c1-2-32-20-10-13-22-23(16-20)33-25(27-22)28(17-18-6-4-3-5-7-18)24(29)14-15-34(30,31)21-11-8-19(26)9-12-21/h3-13,16H,2,14-15,17H2,1H3. The summed E-state index contributed by atoms with van der Waals surface area (Å²) in [6.45, 7) is 2.76. The number of benzene rings is 3. The highest BCUT2D eigenvalue weighted by atomic mass is 35.5. The highest BCUT2D eigenvalue weighted by Crippen LogP contribution is 2.33. The molecule has 0 unspecified atom stereocenters. The Morgan fingerprint density at radius 3 is 2.50 bits per heavy atom. The number of hydrogen-bond donors (Lipinski definition) is 0. The number of anilines is 1. The molecule has 3 aromatic carbocycles. The first-order valence-corrected chi connectivity index (χ1v) is 13.6. The van der Waals surface area contributed by atoms with Crippen LogP contribution in [-0.4, -0.2) is 31.7 Å². The van der Waals surface area contributed by atoms with Crippen molar-refractivity contribution in [2.24, 2.45) is 0 Å². The first-order chi connectivity index (χ1) is 16.4. The molecule has 0 saturated heterocycles. The Bertz CT molecular complexity index is 1390. The largest absolute Gasteiger partial charge is 0.494 e. The molecule has 4 aromatic rings. The second-order valence-electron chi connectivity index (χ2n) is 7.55. The van der Waals surface area contributed by atoms with Crippen molar-refractivity contribution in [1.29, 1.82) is 0 Å². The quantitative estimate of drug-likeness (QED) is 0.284. The van der Waals surface area contributed by atoms with Crippen molar-refractivity contribution in [3.63, 3.8) is 0 Å². The molecule has 1 aromatic heterocycles. The smallest absolute Gasteiger partial charge is 0.230 e. The molecular weight excluding hydrogens is 492 g/mol. The Hall–Kier alpha value is -2.94. The van der Waals surface area contributed by atoms with Crippen molar-refractivity contribution in [2.75, 3.05) is 17.3 Å². The van der Waals surface area contributed by atoms with E-state index < -0.39 is 9.84 Å². The van der Waals surface area contributed by atoms with Crippen LogP contribution in [0.2, 0.25) is 5.02 Å². The number of hydrogen-bond acceptors (Lipinski definition) is 6. The summed E-state index contributed by atoms with van der Waals surface area (Å²) >= 11 is 7.24. The molecule has 0 atom stereocenters. The summed E-state index contributed by atoms with van der Waals surface area (Å²) in [5, 5.41) is 0.966. The van der Waals surface area contributed by atoms with Crippen LogP contribution >= 0.6 is 22.9 Å². The number of halogens is 1. The fourth-order valence-electron chi connectivity index (χ4n) is 3.41. The minimum absolute atomic E-state index is 0.141. The highest BCUT2D eigenvalue weighted by Gasteiger charge is 2.23. The molecule has 1 amide bonds. The number of nitrogens with zero attached hydrogens (tertiary/aromatic N) is 2. The van der Waals surface area contributed by atoms with E-state index in [-0.39, 0.29) is 23.0 Å². The van der Waals surface area contributed by atoms with E-state index in [1.54, 1.807) is 4.90 Å². The van der Waals surface area contributed by atoms with Crippen LogP contribution in [0.25, 0.3) is 10.2 Å². The average Bonchev–Trinajstić information content (AvgIpc) is 3.25. The number of rotatable bonds is 9. The number of thiazole rings is 1. The van der Waals surface area contributed by atoms with Crippen molar-refractivity contribution in [3.05, 3.63) is 83.4 Å². The Morgan fingerprint density at radius 2 is 1.79 bits per heavy atom. The molecule has 4 rings (SSSR count). The number of carbonyl (C=O) groups is 1. The Balaban J connectivity index is 1.60. The molecule has 176 valence electrons. The second-order valence-corrected chi connectivity index (χ2v) is 11.1. The number of carbonyl (C=O) groups excluding carboxylic acids is 1. The van der Waals surface area contributed by atoms with E-state index in [4.69, 9.17) is 16.3 Å². The summed E-state index contributed by atoms with van der Waals surface area (Å²) in [5.74, 6) is 0.115. The molecule has 0 saturated carbocycles. The lowest BCUT2D eigenvalue weighted by molar-refractivity contribution is -0.118. The van der Waals surface area contributed by atoms with Gasteiger partial charge < -0.3 is 4.74 Å². The lowest BCUT2D eigenvalue weighted by atomic mass is 10.2. The molecule has 9 heteroatoms. The maximum Gasteiger partial charge on any atom is 0.230 e. The van der Waals surface area contributed by atoms with Crippen LogP contribution in [0.15, 0.2) is 77.7 Å². The van der Waals surface area contributed by atoms with Crippen LogP contribution in [0, 0.1) is 0 Å².